The van der Waals surface area contributed by atoms with Crippen molar-refractivity contribution in [2.45, 2.75) is 48.8 Å². The van der Waals surface area contributed by atoms with Crippen LogP contribution in [0.4, 0.5) is 0 Å². The summed E-state index contributed by atoms with van der Waals surface area (Å²) in [5.41, 5.74) is 2.77. The molecule has 0 bridgehead atoms. The van der Waals surface area contributed by atoms with E-state index >= 15 is 0 Å². The Morgan fingerprint density at radius 1 is 1.00 bits per heavy atom. The van der Waals surface area contributed by atoms with E-state index in [1.165, 1.54) is 0 Å². The van der Waals surface area contributed by atoms with E-state index < -0.39 is 0 Å². The van der Waals surface area contributed by atoms with Gasteiger partial charge in [0.15, 0.2) is 0 Å². The van der Waals surface area contributed by atoms with Gasteiger partial charge in [-0.2, -0.15) is 5.10 Å². The van der Waals surface area contributed by atoms with Crippen molar-refractivity contribution in [1.82, 2.24) is 15.2 Å². The van der Waals surface area contributed by atoms with Crippen LogP contribution in [-0.4, -0.2) is 34.4 Å². The highest BCUT2D eigenvalue weighted by atomic mass is 32.2. The number of nitrogens with zero attached hydrogens (tertiary/aromatic N) is 2. The average Bonchev–Trinajstić information content (AvgIpc) is 3.31. The molecule has 0 spiro atoms. The number of ether oxygens (including phenoxy) is 2. The molecule has 0 unspecified atom stereocenters. The van der Waals surface area contributed by atoms with Gasteiger partial charge in [-0.15, -0.1) is 0 Å². The maximum Gasteiger partial charge on any atom is 0.305 e. The first-order chi connectivity index (χ1) is 17.7. The minimum Gasteiger partial charge on any atom is -0.492 e. The molecule has 0 atom stereocenters. The number of pyridine rings is 1. The molecule has 6 nitrogen and oxygen atoms in total. The SMILES string of the molecule is CCOC(=O)CCCCCCOc1ccccc1Sc1ccc2c(C=Cc3ccccn3)n[nH]c2c1. The first kappa shape index (κ1) is 25.5. The molecule has 2 aromatic heterocycles. The fourth-order valence-corrected chi connectivity index (χ4v) is 4.71. The third-order valence-corrected chi connectivity index (χ3v) is 6.63. The van der Waals surface area contributed by atoms with Crippen LogP contribution in [0.2, 0.25) is 0 Å². The van der Waals surface area contributed by atoms with Gasteiger partial charge in [0.1, 0.15) is 5.75 Å². The second kappa shape index (κ2) is 13.5. The van der Waals surface area contributed by atoms with Gasteiger partial charge in [0.05, 0.1) is 35.0 Å². The van der Waals surface area contributed by atoms with Crippen LogP contribution in [0.1, 0.15) is 50.4 Å². The Morgan fingerprint density at radius 2 is 1.86 bits per heavy atom. The summed E-state index contributed by atoms with van der Waals surface area (Å²) in [6.45, 7) is 2.94. The number of nitrogens with one attached hydrogen (secondary N) is 1. The lowest BCUT2D eigenvalue weighted by Crippen LogP contribution is -2.03. The fraction of sp³-hybridized carbons (Fsp3) is 0.276. The zero-order chi connectivity index (χ0) is 25.0. The predicted molar refractivity (Wildman–Crippen MR) is 145 cm³/mol. The lowest BCUT2D eigenvalue weighted by molar-refractivity contribution is -0.143. The average molecular weight is 502 g/mol. The van der Waals surface area contributed by atoms with Gasteiger partial charge in [-0.3, -0.25) is 14.9 Å². The Bertz CT molecular complexity index is 1290. The molecular formula is C29H31N3O3S. The third kappa shape index (κ3) is 7.46. The largest absolute Gasteiger partial charge is 0.492 e. The van der Waals surface area contributed by atoms with Crippen LogP contribution >= 0.6 is 11.8 Å². The number of hydrogen-bond acceptors (Lipinski definition) is 6. The van der Waals surface area contributed by atoms with E-state index in [4.69, 9.17) is 9.47 Å². The molecule has 0 saturated carbocycles. The monoisotopic (exact) mass is 501 g/mol. The van der Waals surface area contributed by atoms with Crippen LogP contribution in [0.25, 0.3) is 23.1 Å². The molecule has 0 fully saturated rings. The molecule has 1 N–H and O–H groups in total. The molecule has 0 aliphatic rings. The van der Waals surface area contributed by atoms with E-state index in [9.17, 15) is 4.79 Å². The van der Waals surface area contributed by atoms with Gasteiger partial charge in [-0.25, -0.2) is 0 Å². The third-order valence-electron chi connectivity index (χ3n) is 5.58. The molecule has 2 aromatic carbocycles. The summed E-state index contributed by atoms with van der Waals surface area (Å²) in [5.74, 6) is 0.780. The molecule has 0 aliphatic heterocycles. The van der Waals surface area contributed by atoms with Crippen molar-refractivity contribution in [2.75, 3.05) is 13.2 Å². The van der Waals surface area contributed by atoms with Crippen LogP contribution in [0.15, 0.2) is 76.7 Å². The number of H-pyrrole nitrogens is 1. The van der Waals surface area contributed by atoms with E-state index in [1.807, 2.05) is 55.5 Å². The summed E-state index contributed by atoms with van der Waals surface area (Å²) in [4.78, 5) is 17.9. The van der Waals surface area contributed by atoms with Crippen molar-refractivity contribution in [2.24, 2.45) is 0 Å². The van der Waals surface area contributed by atoms with Gasteiger partial charge in [-0.1, -0.05) is 42.8 Å². The van der Waals surface area contributed by atoms with Gasteiger partial charge >= 0.3 is 5.97 Å². The minimum atomic E-state index is -0.106. The Kier molecular flexibility index (Phi) is 9.56. The number of unbranched alkanes of at least 4 members (excludes halogenated alkanes) is 3. The molecule has 4 aromatic rings. The van der Waals surface area contributed by atoms with Crippen LogP contribution in [-0.2, 0) is 9.53 Å². The van der Waals surface area contributed by atoms with E-state index in [-0.39, 0.29) is 5.97 Å². The maximum atomic E-state index is 11.4. The van der Waals surface area contributed by atoms with Gasteiger partial charge < -0.3 is 9.47 Å². The number of para-hydroxylation sites is 1. The quantitative estimate of drug-likeness (QED) is 0.155. The molecule has 7 heteroatoms. The van der Waals surface area contributed by atoms with Crippen molar-refractivity contribution in [3.8, 4) is 5.75 Å². The fourth-order valence-electron chi connectivity index (χ4n) is 3.77. The number of aromatic amines is 1. The zero-order valence-electron chi connectivity index (χ0n) is 20.5. The van der Waals surface area contributed by atoms with Crippen LogP contribution in [0, 0.1) is 0 Å². The van der Waals surface area contributed by atoms with E-state index in [1.54, 1.807) is 18.0 Å². The highest BCUT2D eigenvalue weighted by molar-refractivity contribution is 7.99. The number of rotatable bonds is 13. The van der Waals surface area contributed by atoms with Crippen molar-refractivity contribution >= 4 is 40.8 Å². The van der Waals surface area contributed by atoms with Gasteiger partial charge in [0.25, 0.3) is 0 Å². The number of esters is 1. The summed E-state index contributed by atoms with van der Waals surface area (Å²) in [7, 11) is 0. The second-order valence-electron chi connectivity index (χ2n) is 8.27. The zero-order valence-corrected chi connectivity index (χ0v) is 21.3. The molecular weight excluding hydrogens is 470 g/mol. The van der Waals surface area contributed by atoms with Crippen LogP contribution in [0.3, 0.4) is 0 Å². The van der Waals surface area contributed by atoms with E-state index in [2.05, 4.69) is 39.4 Å². The second-order valence-corrected chi connectivity index (χ2v) is 9.39. The molecule has 0 amide bonds. The Labute approximate surface area is 216 Å². The number of benzene rings is 2. The van der Waals surface area contributed by atoms with Crippen LogP contribution in [0.5, 0.6) is 5.75 Å². The number of hydrogen-bond donors (Lipinski definition) is 1. The summed E-state index contributed by atoms with van der Waals surface area (Å²) in [6.07, 6.45) is 10.1. The van der Waals surface area contributed by atoms with Crippen LogP contribution < -0.4 is 4.74 Å². The Hall–Kier alpha value is -3.58. The molecule has 36 heavy (non-hydrogen) atoms. The van der Waals surface area contributed by atoms with Gasteiger partial charge in [0.2, 0.25) is 0 Å². The predicted octanol–water partition coefficient (Wildman–Crippen LogP) is 7.17. The minimum absolute atomic E-state index is 0.106. The van der Waals surface area contributed by atoms with E-state index in [0.717, 1.165) is 63.5 Å². The lowest BCUT2D eigenvalue weighted by Gasteiger charge is -2.11. The lowest BCUT2D eigenvalue weighted by atomic mass is 10.1. The normalized spacial score (nSPS) is 11.2. The molecule has 2 heterocycles. The molecule has 0 saturated heterocycles. The van der Waals surface area contributed by atoms with Gasteiger partial charge in [0, 0.05) is 22.9 Å². The van der Waals surface area contributed by atoms with Crippen molar-refractivity contribution in [3.05, 3.63) is 78.2 Å². The number of carbonyl (C=O) groups excluding carboxylic acids is 1. The standard InChI is InChI=1S/C29H31N3O3S/c1-2-34-29(33)14-5-3-4-10-20-35-27-12-6-7-13-28(27)36-23-16-17-24-25(31-32-26(24)21-23)18-15-22-11-8-9-19-30-22/h6-9,11-13,15-19,21H,2-5,10,14,20H2,1H3,(H,31,32). The van der Waals surface area contributed by atoms with Crippen molar-refractivity contribution in [1.29, 1.82) is 0 Å². The maximum absolute atomic E-state index is 11.4. The number of carbonyl (C=O) groups is 1. The number of fused-ring (bicyclic) bond motifs is 1. The highest BCUT2D eigenvalue weighted by Crippen LogP contribution is 2.36. The topological polar surface area (TPSA) is 77.1 Å². The van der Waals surface area contributed by atoms with Gasteiger partial charge in [-0.05, 0) is 74.4 Å². The first-order valence-electron chi connectivity index (χ1n) is 12.4. The summed E-state index contributed by atoms with van der Waals surface area (Å²) < 4.78 is 11.1. The molecule has 0 radical (unpaired) electrons. The number of aromatic nitrogens is 3. The van der Waals surface area contributed by atoms with Crippen molar-refractivity contribution in [3.63, 3.8) is 0 Å². The summed E-state index contributed by atoms with van der Waals surface area (Å²) >= 11 is 1.68. The molecule has 4 rings (SSSR count). The van der Waals surface area contributed by atoms with E-state index in [0.29, 0.717) is 19.6 Å². The Balaban J connectivity index is 1.31. The molecule has 186 valence electrons. The molecule has 0 aliphatic carbocycles. The highest BCUT2D eigenvalue weighted by Gasteiger charge is 2.09. The smallest absolute Gasteiger partial charge is 0.305 e. The first-order valence-corrected chi connectivity index (χ1v) is 13.2. The summed E-state index contributed by atoms with van der Waals surface area (Å²) in [6, 6.07) is 20.3. The van der Waals surface area contributed by atoms with Crippen molar-refractivity contribution < 1.29 is 14.3 Å². The Morgan fingerprint density at radius 3 is 2.72 bits per heavy atom. The summed E-state index contributed by atoms with van der Waals surface area (Å²) in [5, 5.41) is 8.68.